The molecular formula is C15H28N2. The minimum atomic E-state index is 0.215. The fourth-order valence-electron chi connectivity index (χ4n) is 1.99. The lowest BCUT2D eigenvalue weighted by molar-refractivity contribution is 0.210. The Labute approximate surface area is 107 Å². The van der Waals surface area contributed by atoms with Crippen molar-refractivity contribution in [1.29, 1.82) is 0 Å². The standard InChI is InChI=1S/C15H28N2/c1-6-11-17(12-14-7-8-14)13(2)9-10-16-15(3,4)5/h1,13-14,16H,7-12H2,2-5H3. The fourth-order valence-corrected chi connectivity index (χ4v) is 1.99. The Balaban J connectivity index is 2.26. The summed E-state index contributed by atoms with van der Waals surface area (Å²) in [5.41, 5.74) is 0.215. The average molecular weight is 236 g/mol. The largest absolute Gasteiger partial charge is 0.312 e. The van der Waals surface area contributed by atoms with Crippen molar-refractivity contribution in [3.8, 4) is 12.3 Å². The maximum Gasteiger partial charge on any atom is 0.0601 e. The molecule has 0 saturated heterocycles. The molecule has 0 radical (unpaired) electrons. The number of hydrogen-bond donors (Lipinski definition) is 1. The van der Waals surface area contributed by atoms with Gasteiger partial charge < -0.3 is 5.32 Å². The van der Waals surface area contributed by atoms with Gasteiger partial charge in [-0.1, -0.05) is 5.92 Å². The number of rotatable bonds is 7. The zero-order valence-electron chi connectivity index (χ0n) is 11.9. The summed E-state index contributed by atoms with van der Waals surface area (Å²) in [6.45, 7) is 12.0. The van der Waals surface area contributed by atoms with Crippen LogP contribution in [0.5, 0.6) is 0 Å². The second-order valence-corrected chi connectivity index (χ2v) is 6.39. The lowest BCUT2D eigenvalue weighted by Gasteiger charge is -2.29. The normalized spacial score (nSPS) is 18.1. The van der Waals surface area contributed by atoms with Crippen LogP contribution >= 0.6 is 0 Å². The lowest BCUT2D eigenvalue weighted by atomic mass is 10.1. The Morgan fingerprint density at radius 2 is 2.06 bits per heavy atom. The van der Waals surface area contributed by atoms with E-state index >= 15 is 0 Å². The Bertz CT molecular complexity index is 255. The summed E-state index contributed by atoms with van der Waals surface area (Å²) in [5.74, 6) is 3.71. The van der Waals surface area contributed by atoms with Crippen LogP contribution in [0.3, 0.4) is 0 Å². The van der Waals surface area contributed by atoms with E-state index in [0.29, 0.717) is 6.04 Å². The number of nitrogens with zero attached hydrogens (tertiary/aromatic N) is 1. The van der Waals surface area contributed by atoms with Gasteiger partial charge in [0, 0.05) is 18.1 Å². The molecule has 0 spiro atoms. The van der Waals surface area contributed by atoms with Gasteiger partial charge in [0.1, 0.15) is 0 Å². The molecule has 0 amide bonds. The molecule has 0 aromatic heterocycles. The van der Waals surface area contributed by atoms with Gasteiger partial charge in [0.25, 0.3) is 0 Å². The van der Waals surface area contributed by atoms with Crippen LogP contribution in [0.2, 0.25) is 0 Å². The maximum absolute atomic E-state index is 5.45. The van der Waals surface area contributed by atoms with Crippen molar-refractivity contribution in [2.24, 2.45) is 5.92 Å². The van der Waals surface area contributed by atoms with Crippen LogP contribution in [0, 0.1) is 18.3 Å². The van der Waals surface area contributed by atoms with Crippen LogP contribution in [-0.2, 0) is 0 Å². The summed E-state index contributed by atoms with van der Waals surface area (Å²) in [6.07, 6.45) is 9.42. The molecule has 1 atom stereocenters. The topological polar surface area (TPSA) is 15.3 Å². The molecule has 1 unspecified atom stereocenters. The van der Waals surface area contributed by atoms with E-state index in [4.69, 9.17) is 6.42 Å². The summed E-state index contributed by atoms with van der Waals surface area (Å²) >= 11 is 0. The van der Waals surface area contributed by atoms with Gasteiger partial charge >= 0.3 is 0 Å². The Morgan fingerprint density at radius 3 is 2.53 bits per heavy atom. The van der Waals surface area contributed by atoms with Crippen LogP contribution in [0.4, 0.5) is 0 Å². The zero-order chi connectivity index (χ0) is 12.9. The molecule has 0 heterocycles. The van der Waals surface area contributed by atoms with E-state index in [-0.39, 0.29) is 5.54 Å². The molecule has 1 saturated carbocycles. The fraction of sp³-hybridized carbons (Fsp3) is 0.867. The van der Waals surface area contributed by atoms with E-state index in [9.17, 15) is 0 Å². The smallest absolute Gasteiger partial charge is 0.0601 e. The molecular weight excluding hydrogens is 208 g/mol. The average Bonchev–Trinajstić information content (AvgIpc) is 2.99. The monoisotopic (exact) mass is 236 g/mol. The van der Waals surface area contributed by atoms with Crippen molar-refractivity contribution in [1.82, 2.24) is 10.2 Å². The number of hydrogen-bond acceptors (Lipinski definition) is 2. The lowest BCUT2D eigenvalue weighted by Crippen LogP contribution is -2.41. The highest BCUT2D eigenvalue weighted by Gasteiger charge is 2.26. The Morgan fingerprint density at radius 1 is 1.41 bits per heavy atom. The van der Waals surface area contributed by atoms with E-state index in [1.807, 2.05) is 0 Å². The van der Waals surface area contributed by atoms with Crippen molar-refractivity contribution < 1.29 is 0 Å². The van der Waals surface area contributed by atoms with Crippen molar-refractivity contribution in [3.05, 3.63) is 0 Å². The summed E-state index contributed by atoms with van der Waals surface area (Å²) in [6, 6.07) is 0.585. The maximum atomic E-state index is 5.45. The van der Waals surface area contributed by atoms with Crippen molar-refractivity contribution >= 4 is 0 Å². The minimum Gasteiger partial charge on any atom is -0.312 e. The number of terminal acetylenes is 1. The molecule has 0 aromatic carbocycles. The SMILES string of the molecule is C#CCN(CC1CC1)C(C)CCNC(C)(C)C. The second-order valence-electron chi connectivity index (χ2n) is 6.39. The third-order valence-corrected chi connectivity index (χ3v) is 3.32. The summed E-state index contributed by atoms with van der Waals surface area (Å²) in [5, 5.41) is 3.54. The molecule has 98 valence electrons. The van der Waals surface area contributed by atoms with Crippen LogP contribution in [0.25, 0.3) is 0 Å². The highest BCUT2D eigenvalue weighted by atomic mass is 15.2. The van der Waals surface area contributed by atoms with E-state index < -0.39 is 0 Å². The highest BCUT2D eigenvalue weighted by Crippen LogP contribution is 2.30. The highest BCUT2D eigenvalue weighted by molar-refractivity contribution is 4.92. The van der Waals surface area contributed by atoms with Crippen molar-refractivity contribution in [2.75, 3.05) is 19.6 Å². The first-order valence-corrected chi connectivity index (χ1v) is 6.85. The minimum absolute atomic E-state index is 0.215. The van der Waals surface area contributed by atoms with Crippen LogP contribution in [0.15, 0.2) is 0 Å². The first kappa shape index (κ1) is 14.5. The molecule has 0 aliphatic heterocycles. The number of nitrogens with one attached hydrogen (secondary N) is 1. The molecule has 1 aliphatic carbocycles. The van der Waals surface area contributed by atoms with Crippen molar-refractivity contribution in [3.63, 3.8) is 0 Å². The van der Waals surface area contributed by atoms with Crippen LogP contribution in [0.1, 0.15) is 47.0 Å². The molecule has 0 bridgehead atoms. The molecule has 1 fully saturated rings. The third kappa shape index (κ3) is 6.71. The molecule has 1 aliphatic rings. The summed E-state index contributed by atoms with van der Waals surface area (Å²) in [7, 11) is 0. The molecule has 0 aromatic rings. The van der Waals surface area contributed by atoms with E-state index in [0.717, 1.165) is 19.0 Å². The first-order valence-electron chi connectivity index (χ1n) is 6.85. The predicted octanol–water partition coefficient (Wildman–Crippen LogP) is 2.50. The first-order chi connectivity index (χ1) is 7.92. The predicted molar refractivity (Wildman–Crippen MR) is 75.0 cm³/mol. The van der Waals surface area contributed by atoms with Crippen LogP contribution < -0.4 is 5.32 Å². The van der Waals surface area contributed by atoms with Gasteiger partial charge in [-0.05, 0) is 59.4 Å². The van der Waals surface area contributed by atoms with Gasteiger partial charge in [0.2, 0.25) is 0 Å². The van der Waals surface area contributed by atoms with Gasteiger partial charge in [-0.3, -0.25) is 4.90 Å². The second kappa shape index (κ2) is 6.42. The van der Waals surface area contributed by atoms with E-state index in [2.05, 4.69) is 43.8 Å². The summed E-state index contributed by atoms with van der Waals surface area (Å²) < 4.78 is 0. The molecule has 2 nitrogen and oxygen atoms in total. The Kier molecular flexibility index (Phi) is 5.49. The molecule has 17 heavy (non-hydrogen) atoms. The summed E-state index contributed by atoms with van der Waals surface area (Å²) in [4.78, 5) is 2.46. The van der Waals surface area contributed by atoms with Gasteiger partial charge in [-0.15, -0.1) is 6.42 Å². The molecule has 1 rings (SSSR count). The van der Waals surface area contributed by atoms with E-state index in [1.54, 1.807) is 0 Å². The van der Waals surface area contributed by atoms with Gasteiger partial charge in [0.05, 0.1) is 6.54 Å². The molecule has 1 N–H and O–H groups in total. The quantitative estimate of drug-likeness (QED) is 0.683. The Hall–Kier alpha value is -0.520. The third-order valence-electron chi connectivity index (χ3n) is 3.32. The van der Waals surface area contributed by atoms with Gasteiger partial charge in [-0.25, -0.2) is 0 Å². The van der Waals surface area contributed by atoms with Gasteiger partial charge in [-0.2, -0.15) is 0 Å². The van der Waals surface area contributed by atoms with Crippen molar-refractivity contribution in [2.45, 2.75) is 58.5 Å². The molecule has 2 heteroatoms. The zero-order valence-corrected chi connectivity index (χ0v) is 11.9. The van der Waals surface area contributed by atoms with Gasteiger partial charge in [0.15, 0.2) is 0 Å². The van der Waals surface area contributed by atoms with Crippen LogP contribution in [-0.4, -0.2) is 36.1 Å². The van der Waals surface area contributed by atoms with E-state index in [1.165, 1.54) is 25.8 Å².